The fourth-order valence-electron chi connectivity index (χ4n) is 0.306. The number of hydrogen-bond donors (Lipinski definition) is 0. The molecule has 1 nitrogen and oxygen atoms in total. The van der Waals surface area contributed by atoms with Gasteiger partial charge in [-0.2, -0.15) is 0 Å². The lowest BCUT2D eigenvalue weighted by Crippen LogP contribution is -2.09. The topological polar surface area (TPSA) is 9.23 Å². The molecule has 0 bridgehead atoms. The first-order valence-electron chi connectivity index (χ1n) is 2.70. The van der Waals surface area contributed by atoms with E-state index in [0.717, 1.165) is 0 Å². The highest BCUT2D eigenvalue weighted by atomic mass is 28.3. The average molecular weight is 133 g/mol. The zero-order chi connectivity index (χ0) is 5.70. The molecule has 43 valence electrons. The summed E-state index contributed by atoms with van der Waals surface area (Å²) in [7, 11) is -0.416. The summed E-state index contributed by atoms with van der Waals surface area (Å²) >= 11 is 0. The van der Waals surface area contributed by atoms with Gasteiger partial charge in [-0.05, 0) is 19.1 Å². The highest BCUT2D eigenvalue weighted by molar-refractivity contribution is 6.56. The van der Waals surface area contributed by atoms with Gasteiger partial charge in [0.05, 0.1) is 0 Å². The lowest BCUT2D eigenvalue weighted by atomic mass is 11.0. The van der Waals surface area contributed by atoms with Crippen molar-refractivity contribution in [3.63, 3.8) is 0 Å². The largest absolute Gasteiger partial charge is 0.461 e. The SMILES string of the molecule is CC[SiH2]O[Si](C)C. The van der Waals surface area contributed by atoms with Crippen molar-refractivity contribution in [2.45, 2.75) is 26.1 Å². The van der Waals surface area contributed by atoms with Crippen LogP contribution in [0.2, 0.25) is 19.1 Å². The third kappa shape index (κ3) is 6.39. The minimum atomic E-state index is -0.336. The van der Waals surface area contributed by atoms with E-state index in [2.05, 4.69) is 20.0 Å². The van der Waals surface area contributed by atoms with Crippen LogP contribution in [0.15, 0.2) is 0 Å². The predicted molar refractivity (Wildman–Crippen MR) is 37.6 cm³/mol. The fourth-order valence-corrected chi connectivity index (χ4v) is 2.76. The van der Waals surface area contributed by atoms with E-state index in [9.17, 15) is 0 Å². The van der Waals surface area contributed by atoms with Gasteiger partial charge in [0.25, 0.3) is 0 Å². The van der Waals surface area contributed by atoms with Gasteiger partial charge in [0.15, 0.2) is 9.04 Å². The van der Waals surface area contributed by atoms with Crippen molar-refractivity contribution in [3.05, 3.63) is 0 Å². The molecule has 0 unspecified atom stereocenters. The van der Waals surface area contributed by atoms with Crippen LogP contribution in [0, 0.1) is 0 Å². The van der Waals surface area contributed by atoms with Crippen LogP contribution < -0.4 is 0 Å². The first kappa shape index (κ1) is 7.39. The van der Waals surface area contributed by atoms with E-state index in [1.807, 2.05) is 0 Å². The summed E-state index contributed by atoms with van der Waals surface area (Å²) in [5, 5.41) is 0. The summed E-state index contributed by atoms with van der Waals surface area (Å²) < 4.78 is 5.43. The number of rotatable bonds is 3. The molecule has 0 saturated heterocycles. The molecule has 0 atom stereocenters. The van der Waals surface area contributed by atoms with Crippen LogP contribution in [0.3, 0.4) is 0 Å². The first-order valence-corrected chi connectivity index (χ1v) is 6.69. The lowest BCUT2D eigenvalue weighted by Gasteiger charge is -2.00. The van der Waals surface area contributed by atoms with Gasteiger partial charge in [0, 0.05) is 0 Å². The smallest absolute Gasteiger partial charge is 0.190 e. The Hall–Kier alpha value is 0.394. The fraction of sp³-hybridized carbons (Fsp3) is 1.00. The van der Waals surface area contributed by atoms with Crippen molar-refractivity contribution in [2.75, 3.05) is 0 Å². The Kier molecular flexibility index (Phi) is 4.81. The Morgan fingerprint density at radius 3 is 2.29 bits per heavy atom. The van der Waals surface area contributed by atoms with Crippen molar-refractivity contribution in [1.82, 2.24) is 0 Å². The molecular weight excluding hydrogens is 120 g/mol. The summed E-state index contributed by atoms with van der Waals surface area (Å²) in [5.74, 6) is 0. The van der Waals surface area contributed by atoms with Crippen LogP contribution in [0.5, 0.6) is 0 Å². The van der Waals surface area contributed by atoms with E-state index < -0.39 is 0 Å². The minimum Gasteiger partial charge on any atom is -0.461 e. The highest BCUT2D eigenvalue weighted by Crippen LogP contribution is 1.82. The Balaban J connectivity index is 2.68. The second-order valence-corrected chi connectivity index (χ2v) is 6.14. The summed E-state index contributed by atoms with van der Waals surface area (Å²) in [6.45, 7) is 6.57. The van der Waals surface area contributed by atoms with Crippen molar-refractivity contribution >= 4 is 18.8 Å². The van der Waals surface area contributed by atoms with Gasteiger partial charge in [-0.3, -0.25) is 0 Å². The molecule has 0 amide bonds. The van der Waals surface area contributed by atoms with Crippen LogP contribution in [-0.4, -0.2) is 18.8 Å². The lowest BCUT2D eigenvalue weighted by molar-refractivity contribution is 0.622. The maximum absolute atomic E-state index is 5.43. The maximum Gasteiger partial charge on any atom is 0.190 e. The van der Waals surface area contributed by atoms with Crippen LogP contribution in [0.4, 0.5) is 0 Å². The normalized spacial score (nSPS) is 12.0. The summed E-state index contributed by atoms with van der Waals surface area (Å²) in [4.78, 5) is 0. The Morgan fingerprint density at radius 2 is 2.14 bits per heavy atom. The van der Waals surface area contributed by atoms with Crippen LogP contribution in [0.1, 0.15) is 6.92 Å². The molecule has 0 aromatic heterocycles. The van der Waals surface area contributed by atoms with Gasteiger partial charge in [-0.15, -0.1) is 0 Å². The van der Waals surface area contributed by atoms with Gasteiger partial charge in [-0.25, -0.2) is 0 Å². The third-order valence-corrected chi connectivity index (χ3v) is 4.13. The van der Waals surface area contributed by atoms with Crippen LogP contribution in [-0.2, 0) is 4.12 Å². The Labute approximate surface area is 49.7 Å². The molecule has 0 spiro atoms. The van der Waals surface area contributed by atoms with E-state index in [0.29, 0.717) is 0 Å². The van der Waals surface area contributed by atoms with E-state index in [1.54, 1.807) is 0 Å². The highest BCUT2D eigenvalue weighted by Gasteiger charge is 1.91. The molecule has 3 heteroatoms. The quantitative estimate of drug-likeness (QED) is 0.517. The predicted octanol–water partition coefficient (Wildman–Crippen LogP) is 0.776. The van der Waals surface area contributed by atoms with Crippen molar-refractivity contribution < 1.29 is 4.12 Å². The molecule has 0 N–H and O–H groups in total. The van der Waals surface area contributed by atoms with Crippen molar-refractivity contribution in [3.8, 4) is 0 Å². The molecule has 0 aliphatic rings. The second-order valence-electron chi connectivity index (χ2n) is 1.76. The molecule has 7 heavy (non-hydrogen) atoms. The monoisotopic (exact) mass is 133 g/mol. The van der Waals surface area contributed by atoms with Gasteiger partial charge >= 0.3 is 0 Å². The molecule has 1 radical (unpaired) electrons. The first-order chi connectivity index (χ1) is 3.27. The van der Waals surface area contributed by atoms with Gasteiger partial charge in [0.1, 0.15) is 9.76 Å². The third-order valence-electron chi connectivity index (χ3n) is 0.595. The second kappa shape index (κ2) is 4.55. The molecule has 0 aliphatic carbocycles. The summed E-state index contributed by atoms with van der Waals surface area (Å²) in [5.41, 5.74) is 0. The Bertz CT molecular complexity index is 38.7. The summed E-state index contributed by atoms with van der Waals surface area (Å²) in [6, 6.07) is 1.29. The van der Waals surface area contributed by atoms with Crippen LogP contribution in [0.25, 0.3) is 0 Å². The maximum atomic E-state index is 5.43. The Morgan fingerprint density at radius 1 is 1.57 bits per heavy atom. The molecule has 0 aromatic rings. The van der Waals surface area contributed by atoms with E-state index in [1.165, 1.54) is 6.04 Å². The van der Waals surface area contributed by atoms with Crippen molar-refractivity contribution in [2.24, 2.45) is 0 Å². The molecule has 0 aliphatic heterocycles. The van der Waals surface area contributed by atoms with E-state index in [-0.39, 0.29) is 18.8 Å². The van der Waals surface area contributed by atoms with Gasteiger partial charge in [-0.1, -0.05) is 6.92 Å². The molecule has 0 rings (SSSR count). The van der Waals surface area contributed by atoms with E-state index in [4.69, 9.17) is 4.12 Å². The summed E-state index contributed by atoms with van der Waals surface area (Å²) in [6.07, 6.45) is 0. The minimum absolute atomic E-state index is 0.0805. The molecular formula is C4H13OSi2. The zero-order valence-corrected chi connectivity index (χ0v) is 7.74. The number of hydrogen-bond acceptors (Lipinski definition) is 1. The van der Waals surface area contributed by atoms with Crippen LogP contribution >= 0.6 is 0 Å². The molecule has 0 saturated carbocycles. The van der Waals surface area contributed by atoms with Crippen molar-refractivity contribution in [1.29, 1.82) is 0 Å². The van der Waals surface area contributed by atoms with E-state index >= 15 is 0 Å². The van der Waals surface area contributed by atoms with Gasteiger partial charge in [0.2, 0.25) is 0 Å². The average Bonchev–Trinajstić information content (AvgIpc) is 1.61. The van der Waals surface area contributed by atoms with Gasteiger partial charge < -0.3 is 4.12 Å². The molecule has 0 fully saturated rings. The zero-order valence-electron chi connectivity index (χ0n) is 5.32. The molecule has 0 heterocycles. The molecule has 0 aromatic carbocycles. The standard InChI is InChI=1S/C4H13OSi2/c1-4-6-5-7(2)3/h4,6H2,1-3H3.